The van der Waals surface area contributed by atoms with Gasteiger partial charge in [0.25, 0.3) is 0 Å². The summed E-state index contributed by atoms with van der Waals surface area (Å²) in [6.45, 7) is 11.2. The maximum atomic E-state index is 12.9. The number of pyridine rings is 1. The number of methoxy groups -OCH3 is 1. The van der Waals surface area contributed by atoms with Crippen molar-refractivity contribution >= 4 is 57.3 Å². The molecule has 5 rings (SSSR count). The number of rotatable bonds is 10. The fourth-order valence-corrected chi connectivity index (χ4v) is 6.79. The van der Waals surface area contributed by atoms with E-state index in [4.69, 9.17) is 25.5 Å². The Morgan fingerprint density at radius 2 is 1.76 bits per heavy atom. The van der Waals surface area contributed by atoms with Crippen molar-refractivity contribution in [1.29, 1.82) is 0 Å². The Morgan fingerprint density at radius 3 is 2.39 bits per heavy atom. The molecule has 0 spiro atoms. The monoisotopic (exact) mass is 681 g/mol. The number of benzene rings is 3. The Bertz CT molecular complexity index is 2020. The second-order valence-corrected chi connectivity index (χ2v) is 20.1. The van der Waals surface area contributed by atoms with Crippen LogP contribution in [0.15, 0.2) is 67.0 Å². The zero-order chi connectivity index (χ0) is 33.6. The third kappa shape index (κ3) is 6.49. The largest absolute Gasteiger partial charge is 0.543 e. The third-order valence-electron chi connectivity index (χ3n) is 8.70. The molecule has 0 fully saturated rings. The first-order valence-electron chi connectivity index (χ1n) is 14.8. The Morgan fingerprint density at radius 1 is 1.07 bits per heavy atom. The molecule has 2 aromatic heterocycles. The van der Waals surface area contributed by atoms with Crippen LogP contribution in [0.5, 0.6) is 23.1 Å². The van der Waals surface area contributed by atoms with Gasteiger partial charge in [0, 0.05) is 40.8 Å². The Labute approximate surface area is 276 Å². The van der Waals surface area contributed by atoms with Gasteiger partial charge in [-0.25, -0.2) is 8.42 Å². The van der Waals surface area contributed by atoms with Gasteiger partial charge in [-0.2, -0.15) is 0 Å². The molecule has 1 N–H and O–H groups in total. The molecule has 0 aliphatic rings. The normalized spacial score (nSPS) is 12.5. The predicted octanol–water partition coefficient (Wildman–Crippen LogP) is 7.96. The van der Waals surface area contributed by atoms with Crippen molar-refractivity contribution in [2.24, 2.45) is 0 Å². The second-order valence-electron chi connectivity index (χ2n) is 12.9. The van der Waals surface area contributed by atoms with Gasteiger partial charge in [-0.15, -0.1) is 0 Å². The molecule has 244 valence electrons. The minimum absolute atomic E-state index is 0.0391. The minimum atomic E-state index is -3.69. The van der Waals surface area contributed by atoms with Crippen LogP contribution < -0.4 is 18.2 Å². The van der Waals surface area contributed by atoms with Gasteiger partial charge >= 0.3 is 0 Å². The molecule has 5 aromatic rings. The molecule has 0 saturated carbocycles. The summed E-state index contributed by atoms with van der Waals surface area (Å²) < 4.78 is 47.1. The average Bonchev–Trinajstić information content (AvgIpc) is 3.30. The van der Waals surface area contributed by atoms with Crippen LogP contribution in [-0.2, 0) is 23.2 Å². The standard InChI is InChI=1S/C34H40ClN3O6SSi/c1-34(2,3)46(7,8)44-28-16-13-24(35)18-23(28)19-38-20-27-29(33(38)39)32(43-21-22-11-14-25(42-5)15-12-22)30-26(10-9-17-36-30)31(27)37(4)45(6,40)41/h9-18,20,39H,19,21H2,1-8H3. The summed E-state index contributed by atoms with van der Waals surface area (Å²) in [5.41, 5.74) is 2.46. The third-order valence-corrected chi connectivity index (χ3v) is 14.5. The summed E-state index contributed by atoms with van der Waals surface area (Å²) in [7, 11) is -2.81. The van der Waals surface area contributed by atoms with Crippen molar-refractivity contribution < 1.29 is 27.4 Å². The highest BCUT2D eigenvalue weighted by atomic mass is 35.5. The van der Waals surface area contributed by atoms with E-state index in [1.54, 1.807) is 42.3 Å². The number of sulfonamides is 1. The summed E-state index contributed by atoms with van der Waals surface area (Å²) in [6.07, 6.45) is 4.50. The van der Waals surface area contributed by atoms with E-state index in [-0.39, 0.29) is 24.1 Å². The van der Waals surface area contributed by atoms with E-state index in [9.17, 15) is 13.5 Å². The van der Waals surface area contributed by atoms with Crippen LogP contribution >= 0.6 is 11.6 Å². The van der Waals surface area contributed by atoms with Gasteiger partial charge in [0.15, 0.2) is 5.75 Å². The molecule has 0 atom stereocenters. The first-order valence-corrected chi connectivity index (χ1v) is 19.9. The maximum absolute atomic E-state index is 12.9. The minimum Gasteiger partial charge on any atom is -0.543 e. The van der Waals surface area contributed by atoms with Gasteiger partial charge in [-0.3, -0.25) is 9.29 Å². The SMILES string of the molecule is COc1ccc(COc2c3ncccc3c(N(C)S(C)(=O)=O)c3cn(Cc4cc(Cl)ccc4O[Si](C)(C)C(C)(C)C)c(O)c23)cc1. The van der Waals surface area contributed by atoms with Crippen molar-refractivity contribution in [2.75, 3.05) is 24.7 Å². The number of hydrogen-bond donors (Lipinski definition) is 1. The molecule has 0 unspecified atom stereocenters. The number of nitrogens with zero attached hydrogens (tertiary/aromatic N) is 3. The molecule has 2 heterocycles. The lowest BCUT2D eigenvalue weighted by atomic mass is 10.1. The number of aromatic hydroxyl groups is 1. The van der Waals surface area contributed by atoms with Gasteiger partial charge < -0.3 is 23.6 Å². The van der Waals surface area contributed by atoms with Crippen molar-refractivity contribution in [3.8, 4) is 23.1 Å². The van der Waals surface area contributed by atoms with Crippen LogP contribution in [0.2, 0.25) is 23.2 Å². The summed E-state index contributed by atoms with van der Waals surface area (Å²) in [5, 5.41) is 13.8. The van der Waals surface area contributed by atoms with Crippen LogP contribution in [0.4, 0.5) is 5.69 Å². The topological polar surface area (TPSA) is 103 Å². The van der Waals surface area contributed by atoms with Crippen LogP contribution in [0.3, 0.4) is 0 Å². The van der Waals surface area contributed by atoms with E-state index in [1.807, 2.05) is 36.4 Å². The van der Waals surface area contributed by atoms with Gasteiger partial charge in [-0.1, -0.05) is 44.5 Å². The quantitative estimate of drug-likeness (QED) is 0.149. The van der Waals surface area contributed by atoms with Gasteiger partial charge in [0.05, 0.1) is 31.0 Å². The first-order chi connectivity index (χ1) is 21.5. The van der Waals surface area contributed by atoms with Crippen molar-refractivity contribution in [3.63, 3.8) is 0 Å². The zero-order valence-electron chi connectivity index (χ0n) is 27.4. The zero-order valence-corrected chi connectivity index (χ0v) is 30.0. The van der Waals surface area contributed by atoms with E-state index in [0.717, 1.165) is 23.1 Å². The second kappa shape index (κ2) is 12.3. The highest BCUT2D eigenvalue weighted by Gasteiger charge is 2.39. The van der Waals surface area contributed by atoms with Crippen LogP contribution in [0.1, 0.15) is 31.9 Å². The van der Waals surface area contributed by atoms with Crippen molar-refractivity contribution in [1.82, 2.24) is 9.55 Å². The van der Waals surface area contributed by atoms with Crippen LogP contribution in [-0.4, -0.2) is 51.8 Å². The number of anilines is 1. The molecule has 0 saturated heterocycles. The molecule has 46 heavy (non-hydrogen) atoms. The molecule has 9 nitrogen and oxygen atoms in total. The van der Waals surface area contributed by atoms with Gasteiger partial charge in [0.2, 0.25) is 24.2 Å². The van der Waals surface area contributed by atoms with Crippen LogP contribution in [0.25, 0.3) is 21.7 Å². The number of aromatic nitrogens is 2. The fourth-order valence-electron chi connectivity index (χ4n) is 5.02. The lowest BCUT2D eigenvalue weighted by Gasteiger charge is -2.37. The van der Waals surface area contributed by atoms with Crippen molar-refractivity contribution in [3.05, 3.63) is 83.1 Å². The van der Waals surface area contributed by atoms with E-state index >= 15 is 0 Å². The van der Waals surface area contributed by atoms with E-state index in [2.05, 4.69) is 38.8 Å². The molecule has 12 heteroatoms. The molecular formula is C34H40ClN3O6SSi. The Kier molecular flexibility index (Phi) is 8.97. The van der Waals surface area contributed by atoms with E-state index < -0.39 is 18.3 Å². The molecule has 0 bridgehead atoms. The van der Waals surface area contributed by atoms with E-state index in [1.165, 1.54) is 11.4 Å². The molecule has 0 amide bonds. The number of hydrogen-bond acceptors (Lipinski definition) is 7. The summed E-state index contributed by atoms with van der Waals surface area (Å²) >= 11 is 6.47. The highest BCUT2D eigenvalue weighted by molar-refractivity contribution is 7.92. The predicted molar refractivity (Wildman–Crippen MR) is 188 cm³/mol. The highest BCUT2D eigenvalue weighted by Crippen LogP contribution is 2.48. The summed E-state index contributed by atoms with van der Waals surface area (Å²) in [4.78, 5) is 4.60. The van der Waals surface area contributed by atoms with Crippen molar-refractivity contribution in [2.45, 2.75) is 52.1 Å². The maximum Gasteiger partial charge on any atom is 0.250 e. The Balaban J connectivity index is 1.71. The molecular weight excluding hydrogens is 642 g/mol. The first kappa shape index (κ1) is 33.4. The molecule has 3 aromatic carbocycles. The summed E-state index contributed by atoms with van der Waals surface area (Å²) in [6, 6.07) is 16.5. The van der Waals surface area contributed by atoms with E-state index in [0.29, 0.717) is 43.9 Å². The van der Waals surface area contributed by atoms with Crippen LogP contribution in [0, 0.1) is 0 Å². The van der Waals surface area contributed by atoms with Gasteiger partial charge in [-0.05, 0) is 66.2 Å². The molecule has 0 aliphatic heterocycles. The lowest BCUT2D eigenvalue weighted by molar-refractivity contribution is 0.311. The molecule has 0 aliphatic carbocycles. The van der Waals surface area contributed by atoms with Gasteiger partial charge in [0.1, 0.15) is 23.6 Å². The fraction of sp³-hybridized carbons (Fsp3) is 0.324. The Hall–Kier alpha value is -3.93. The lowest BCUT2D eigenvalue weighted by Crippen LogP contribution is -2.44. The molecule has 0 radical (unpaired) electrons. The number of ether oxygens (including phenoxy) is 2. The average molecular weight is 682 g/mol. The smallest absolute Gasteiger partial charge is 0.250 e. The number of halogens is 1. The number of fused-ring (bicyclic) bond motifs is 2. The summed E-state index contributed by atoms with van der Waals surface area (Å²) in [5.74, 6) is 1.64.